The van der Waals surface area contributed by atoms with E-state index in [1.54, 1.807) is 7.11 Å². The summed E-state index contributed by atoms with van der Waals surface area (Å²) in [6.07, 6.45) is 0. The molecule has 0 saturated heterocycles. The molecule has 3 heteroatoms. The summed E-state index contributed by atoms with van der Waals surface area (Å²) in [5.41, 5.74) is 5.81. The lowest BCUT2D eigenvalue weighted by Gasteiger charge is -2.14. The first-order valence-corrected chi connectivity index (χ1v) is 7.10. The third-order valence-electron chi connectivity index (χ3n) is 3.75. The predicted molar refractivity (Wildman–Crippen MR) is 80.4 cm³/mol. The van der Waals surface area contributed by atoms with E-state index in [1.165, 1.54) is 11.1 Å². The van der Waals surface area contributed by atoms with Gasteiger partial charge in [0.2, 0.25) is 0 Å². The van der Waals surface area contributed by atoms with Crippen molar-refractivity contribution in [1.29, 1.82) is 0 Å². The van der Waals surface area contributed by atoms with Crippen LogP contribution in [0.1, 0.15) is 33.2 Å². The number of benzene rings is 2. The molecule has 0 spiro atoms. The average Bonchev–Trinajstić information content (AvgIpc) is 2.93. The quantitative estimate of drug-likeness (QED) is 0.781. The van der Waals surface area contributed by atoms with E-state index in [1.807, 2.05) is 19.1 Å². The Bertz CT molecular complexity index is 637. The van der Waals surface area contributed by atoms with Gasteiger partial charge in [0.05, 0.1) is 25.7 Å². The Balaban J connectivity index is 1.92. The minimum atomic E-state index is -0.148. The van der Waals surface area contributed by atoms with Crippen LogP contribution < -0.4 is 4.74 Å². The molecule has 0 fully saturated rings. The highest BCUT2D eigenvalue weighted by Crippen LogP contribution is 2.33. The van der Waals surface area contributed by atoms with Gasteiger partial charge in [-0.15, -0.1) is 11.6 Å². The Morgan fingerprint density at radius 3 is 2.50 bits per heavy atom. The van der Waals surface area contributed by atoms with Crippen molar-refractivity contribution in [3.8, 4) is 5.75 Å². The van der Waals surface area contributed by atoms with Crippen LogP contribution in [0.3, 0.4) is 0 Å². The summed E-state index contributed by atoms with van der Waals surface area (Å²) in [7, 11) is 1.68. The molecule has 0 radical (unpaired) electrons. The second kappa shape index (κ2) is 5.47. The molecule has 0 N–H and O–H groups in total. The number of hydrogen-bond acceptors (Lipinski definition) is 2. The zero-order chi connectivity index (χ0) is 14.1. The molecule has 2 aromatic rings. The number of ether oxygens (including phenoxy) is 2. The van der Waals surface area contributed by atoms with Gasteiger partial charge in [-0.1, -0.05) is 30.3 Å². The van der Waals surface area contributed by atoms with Crippen molar-refractivity contribution in [2.45, 2.75) is 25.5 Å². The maximum absolute atomic E-state index is 6.62. The molecule has 3 rings (SSSR count). The fourth-order valence-electron chi connectivity index (χ4n) is 2.60. The molecule has 1 atom stereocenters. The molecule has 104 valence electrons. The number of aryl methyl sites for hydroxylation is 1. The molecular weight excluding hydrogens is 272 g/mol. The second-order valence-electron chi connectivity index (χ2n) is 5.11. The third kappa shape index (κ3) is 2.41. The Morgan fingerprint density at radius 2 is 1.75 bits per heavy atom. The number of rotatable bonds is 3. The normalized spacial score (nSPS) is 14.9. The lowest BCUT2D eigenvalue weighted by Crippen LogP contribution is -1.97. The molecule has 1 aliphatic heterocycles. The zero-order valence-corrected chi connectivity index (χ0v) is 12.4. The van der Waals surface area contributed by atoms with Crippen LogP contribution in [0.25, 0.3) is 0 Å². The molecule has 20 heavy (non-hydrogen) atoms. The molecule has 1 unspecified atom stereocenters. The zero-order valence-electron chi connectivity index (χ0n) is 11.7. The number of fused-ring (bicyclic) bond motifs is 1. The monoisotopic (exact) mass is 288 g/mol. The molecule has 0 aromatic heterocycles. The standard InChI is InChI=1S/C17H17ClO2/c1-11-7-12(5-6-16(11)19-2)17(18)13-3-4-14-9-20-10-15(14)8-13/h3-8,17H,9-10H2,1-2H3. The largest absolute Gasteiger partial charge is 0.496 e. The first kappa shape index (κ1) is 13.5. The van der Waals surface area contributed by atoms with Gasteiger partial charge in [-0.3, -0.25) is 0 Å². The molecule has 2 nitrogen and oxygen atoms in total. The third-order valence-corrected chi connectivity index (χ3v) is 4.25. The summed E-state index contributed by atoms with van der Waals surface area (Å²) in [5, 5.41) is -0.148. The van der Waals surface area contributed by atoms with Crippen molar-refractivity contribution >= 4 is 11.6 Å². The summed E-state index contributed by atoms with van der Waals surface area (Å²) in [5.74, 6) is 0.889. The maximum atomic E-state index is 6.62. The van der Waals surface area contributed by atoms with E-state index < -0.39 is 0 Å². The first-order valence-electron chi connectivity index (χ1n) is 6.67. The molecule has 1 heterocycles. The SMILES string of the molecule is COc1ccc(C(Cl)c2ccc3c(c2)COC3)cc1C. The maximum Gasteiger partial charge on any atom is 0.121 e. The molecule has 2 aromatic carbocycles. The van der Waals surface area contributed by atoms with Gasteiger partial charge in [0, 0.05) is 0 Å². The van der Waals surface area contributed by atoms with Crippen molar-refractivity contribution in [1.82, 2.24) is 0 Å². The Kier molecular flexibility index (Phi) is 3.68. The molecule has 1 aliphatic rings. The van der Waals surface area contributed by atoms with E-state index in [0.717, 1.165) is 22.4 Å². The van der Waals surface area contributed by atoms with Crippen molar-refractivity contribution in [3.05, 3.63) is 64.2 Å². The fraction of sp³-hybridized carbons (Fsp3) is 0.294. The average molecular weight is 289 g/mol. The van der Waals surface area contributed by atoms with Gasteiger partial charge in [0.25, 0.3) is 0 Å². The van der Waals surface area contributed by atoms with E-state index in [2.05, 4.69) is 24.3 Å². The number of halogens is 1. The lowest BCUT2D eigenvalue weighted by atomic mass is 9.99. The van der Waals surface area contributed by atoms with Gasteiger partial charge in [0.1, 0.15) is 5.75 Å². The van der Waals surface area contributed by atoms with Gasteiger partial charge in [-0.05, 0) is 40.8 Å². The van der Waals surface area contributed by atoms with Crippen LogP contribution >= 0.6 is 11.6 Å². The van der Waals surface area contributed by atoms with E-state index in [9.17, 15) is 0 Å². The molecular formula is C17H17ClO2. The smallest absolute Gasteiger partial charge is 0.121 e. The van der Waals surface area contributed by atoms with Crippen molar-refractivity contribution in [3.63, 3.8) is 0 Å². The summed E-state index contributed by atoms with van der Waals surface area (Å²) in [4.78, 5) is 0. The molecule has 0 bridgehead atoms. The van der Waals surface area contributed by atoms with Crippen LogP contribution in [-0.2, 0) is 18.0 Å². The van der Waals surface area contributed by atoms with Crippen LogP contribution in [0.15, 0.2) is 36.4 Å². The van der Waals surface area contributed by atoms with Crippen LogP contribution in [0.2, 0.25) is 0 Å². The first-order chi connectivity index (χ1) is 9.69. The van der Waals surface area contributed by atoms with Crippen LogP contribution in [0.4, 0.5) is 0 Å². The van der Waals surface area contributed by atoms with Crippen molar-refractivity contribution in [2.75, 3.05) is 7.11 Å². The minimum Gasteiger partial charge on any atom is -0.496 e. The van der Waals surface area contributed by atoms with Gasteiger partial charge in [-0.25, -0.2) is 0 Å². The molecule has 0 aliphatic carbocycles. The van der Waals surface area contributed by atoms with Crippen LogP contribution in [0.5, 0.6) is 5.75 Å². The van der Waals surface area contributed by atoms with Gasteiger partial charge < -0.3 is 9.47 Å². The van der Waals surface area contributed by atoms with Gasteiger partial charge in [0.15, 0.2) is 0 Å². The van der Waals surface area contributed by atoms with Gasteiger partial charge in [-0.2, -0.15) is 0 Å². The van der Waals surface area contributed by atoms with Gasteiger partial charge >= 0.3 is 0 Å². The van der Waals surface area contributed by atoms with Crippen molar-refractivity contribution in [2.24, 2.45) is 0 Å². The second-order valence-corrected chi connectivity index (χ2v) is 5.55. The Labute approximate surface area is 124 Å². The Hall–Kier alpha value is -1.51. The van der Waals surface area contributed by atoms with Crippen LogP contribution in [-0.4, -0.2) is 7.11 Å². The summed E-state index contributed by atoms with van der Waals surface area (Å²) in [6, 6.07) is 12.4. The lowest BCUT2D eigenvalue weighted by molar-refractivity contribution is 0.134. The molecule has 0 saturated carbocycles. The van der Waals surface area contributed by atoms with E-state index in [-0.39, 0.29) is 5.38 Å². The summed E-state index contributed by atoms with van der Waals surface area (Å²) in [6.45, 7) is 3.43. The molecule has 0 amide bonds. The van der Waals surface area contributed by atoms with E-state index in [0.29, 0.717) is 13.2 Å². The van der Waals surface area contributed by atoms with Crippen LogP contribution in [0, 0.1) is 6.92 Å². The van der Waals surface area contributed by atoms with E-state index in [4.69, 9.17) is 21.1 Å². The highest BCUT2D eigenvalue weighted by atomic mass is 35.5. The topological polar surface area (TPSA) is 18.5 Å². The predicted octanol–water partition coefficient (Wildman–Crippen LogP) is 4.36. The minimum absolute atomic E-state index is 0.148. The summed E-state index contributed by atoms with van der Waals surface area (Å²) >= 11 is 6.62. The number of methoxy groups -OCH3 is 1. The summed E-state index contributed by atoms with van der Waals surface area (Å²) < 4.78 is 10.7. The van der Waals surface area contributed by atoms with E-state index >= 15 is 0 Å². The highest BCUT2D eigenvalue weighted by Gasteiger charge is 2.16. The highest BCUT2D eigenvalue weighted by molar-refractivity contribution is 6.22. The Morgan fingerprint density at radius 1 is 1.05 bits per heavy atom. The number of hydrogen-bond donors (Lipinski definition) is 0. The fourth-order valence-corrected chi connectivity index (χ4v) is 2.87. The number of alkyl halides is 1. The van der Waals surface area contributed by atoms with Crippen molar-refractivity contribution < 1.29 is 9.47 Å².